The molecule has 0 saturated heterocycles. The zero-order chi connectivity index (χ0) is 4.12. The fourth-order valence-electron chi connectivity index (χ4n) is 0.0707. The van der Waals surface area contributed by atoms with E-state index in [0.717, 1.165) is 0 Å². The molecule has 7 heavy (non-hydrogen) atoms. The van der Waals surface area contributed by atoms with Crippen molar-refractivity contribution in [1.82, 2.24) is 0 Å². The quantitative estimate of drug-likeness (QED) is 0.409. The van der Waals surface area contributed by atoms with E-state index in [0.29, 0.717) is 6.42 Å². The smallest absolute Gasteiger partial charge is 0.0452 e. The van der Waals surface area contributed by atoms with E-state index in [9.17, 15) is 0 Å². The first-order valence-corrected chi connectivity index (χ1v) is 1.63. The molecule has 2 radical (unpaired) electrons. The summed E-state index contributed by atoms with van der Waals surface area (Å²) < 4.78 is 0. The Balaban J connectivity index is -0.0000000800. The minimum atomic E-state index is 0. The van der Waals surface area contributed by atoms with Crippen molar-refractivity contribution in [1.29, 1.82) is 0 Å². The van der Waals surface area contributed by atoms with Crippen LogP contribution in [0.15, 0.2) is 0 Å². The van der Waals surface area contributed by atoms with Gasteiger partial charge in [0.05, 0.1) is 0 Å². The first kappa shape index (κ1) is 15.7. The van der Waals surface area contributed by atoms with Crippen LogP contribution in [0.4, 0.5) is 0 Å². The fraction of sp³-hybridized carbons (Fsp3) is 1.00. The number of rotatable bonds is 2. The largest absolute Gasteiger partial charge is 0.396 e. The summed E-state index contributed by atoms with van der Waals surface area (Å²) in [5.41, 5.74) is 0. The predicted octanol–water partition coefficient (Wildman–Crippen LogP) is -1.40. The molecule has 0 aliphatic carbocycles. The van der Waals surface area contributed by atoms with Gasteiger partial charge in [-0.05, 0) is 6.42 Å². The van der Waals surface area contributed by atoms with Crippen molar-refractivity contribution in [2.75, 3.05) is 13.2 Å². The van der Waals surface area contributed by atoms with E-state index in [4.69, 9.17) is 10.2 Å². The van der Waals surface area contributed by atoms with E-state index in [1.165, 1.54) is 0 Å². The first-order chi connectivity index (χ1) is 2.41. The fourth-order valence-corrected chi connectivity index (χ4v) is 0.0707. The van der Waals surface area contributed by atoms with Gasteiger partial charge < -0.3 is 10.2 Å². The van der Waals surface area contributed by atoms with Gasteiger partial charge in [-0.25, -0.2) is 0 Å². The number of aliphatic hydroxyl groups excluding tert-OH is 2. The standard InChI is InChI=1S/C3H8O2.2Li/c4-2-1-3-5;;/h4-5H,1-3H2;;. The second-order valence-electron chi connectivity index (χ2n) is 0.801. The molecule has 0 amide bonds. The number of hydrogen-bond donors (Lipinski definition) is 2. The summed E-state index contributed by atoms with van der Waals surface area (Å²) in [7, 11) is 0. The predicted molar refractivity (Wildman–Crippen MR) is 30.3 cm³/mol. The van der Waals surface area contributed by atoms with Crippen LogP contribution >= 0.6 is 0 Å². The van der Waals surface area contributed by atoms with E-state index >= 15 is 0 Å². The van der Waals surface area contributed by atoms with Gasteiger partial charge in [0.15, 0.2) is 0 Å². The molecule has 2 N–H and O–H groups in total. The van der Waals surface area contributed by atoms with Gasteiger partial charge in [-0.1, -0.05) is 0 Å². The van der Waals surface area contributed by atoms with Crippen LogP contribution in [0.2, 0.25) is 0 Å². The summed E-state index contributed by atoms with van der Waals surface area (Å²) >= 11 is 0. The summed E-state index contributed by atoms with van der Waals surface area (Å²) in [5, 5.41) is 15.8. The Morgan fingerprint density at radius 3 is 1.14 bits per heavy atom. The van der Waals surface area contributed by atoms with Gasteiger partial charge in [0, 0.05) is 50.9 Å². The summed E-state index contributed by atoms with van der Waals surface area (Å²) in [5.74, 6) is 0. The summed E-state index contributed by atoms with van der Waals surface area (Å²) in [4.78, 5) is 0. The van der Waals surface area contributed by atoms with Gasteiger partial charge in [0.1, 0.15) is 0 Å². The second kappa shape index (κ2) is 15.7. The molecule has 0 aliphatic rings. The van der Waals surface area contributed by atoms with Crippen LogP contribution in [0.5, 0.6) is 0 Å². The van der Waals surface area contributed by atoms with Gasteiger partial charge in [0.25, 0.3) is 0 Å². The maximum absolute atomic E-state index is 7.91. The average Bonchev–Trinajstić information content (AvgIpc) is 1.41. The molecule has 2 nitrogen and oxygen atoms in total. The molecule has 0 rings (SSSR count). The molecular formula is C3H8Li2O2. The van der Waals surface area contributed by atoms with Crippen molar-refractivity contribution in [3.63, 3.8) is 0 Å². The molecule has 0 aromatic rings. The third kappa shape index (κ3) is 19.2. The minimum Gasteiger partial charge on any atom is -0.396 e. The molecule has 0 bridgehead atoms. The average molecular weight is 90.0 g/mol. The molecule has 0 spiro atoms. The Morgan fingerprint density at radius 2 is 1.14 bits per heavy atom. The normalized spacial score (nSPS) is 6.00. The second-order valence-corrected chi connectivity index (χ2v) is 0.801. The van der Waals surface area contributed by atoms with Crippen LogP contribution in [-0.4, -0.2) is 61.1 Å². The van der Waals surface area contributed by atoms with Crippen LogP contribution in [0.3, 0.4) is 0 Å². The molecule has 0 saturated carbocycles. The van der Waals surface area contributed by atoms with Crippen molar-refractivity contribution < 1.29 is 10.2 Å². The van der Waals surface area contributed by atoms with Crippen LogP contribution < -0.4 is 0 Å². The van der Waals surface area contributed by atoms with Crippen molar-refractivity contribution in [3.05, 3.63) is 0 Å². The molecule has 0 atom stereocenters. The Hall–Kier alpha value is 1.11. The first-order valence-electron chi connectivity index (χ1n) is 1.63. The van der Waals surface area contributed by atoms with Gasteiger partial charge in [0.2, 0.25) is 0 Å². The van der Waals surface area contributed by atoms with Crippen molar-refractivity contribution in [2.45, 2.75) is 6.42 Å². The summed E-state index contributed by atoms with van der Waals surface area (Å²) in [6.45, 7) is 0.188. The Kier molecular flexibility index (Phi) is 35.2. The van der Waals surface area contributed by atoms with E-state index in [-0.39, 0.29) is 50.9 Å². The van der Waals surface area contributed by atoms with Crippen LogP contribution in [0.25, 0.3) is 0 Å². The summed E-state index contributed by atoms with van der Waals surface area (Å²) in [6.07, 6.45) is 0.500. The molecule has 34 valence electrons. The third-order valence-corrected chi connectivity index (χ3v) is 0.316. The van der Waals surface area contributed by atoms with Gasteiger partial charge >= 0.3 is 0 Å². The van der Waals surface area contributed by atoms with Gasteiger partial charge in [-0.2, -0.15) is 0 Å². The molecular weight excluding hydrogens is 81.9 g/mol. The SMILES string of the molecule is OCCCO.[Li].[Li]. The summed E-state index contributed by atoms with van der Waals surface area (Å²) in [6, 6.07) is 0. The van der Waals surface area contributed by atoms with E-state index in [1.54, 1.807) is 0 Å². The van der Waals surface area contributed by atoms with Gasteiger partial charge in [-0.15, -0.1) is 0 Å². The molecule has 4 heteroatoms. The maximum atomic E-state index is 7.91. The number of aliphatic hydroxyl groups is 2. The van der Waals surface area contributed by atoms with Crippen LogP contribution in [0, 0.1) is 0 Å². The van der Waals surface area contributed by atoms with Crippen LogP contribution in [-0.2, 0) is 0 Å². The van der Waals surface area contributed by atoms with Crippen molar-refractivity contribution in [3.8, 4) is 0 Å². The monoisotopic (exact) mass is 90.1 g/mol. The van der Waals surface area contributed by atoms with E-state index in [2.05, 4.69) is 0 Å². The zero-order valence-electron chi connectivity index (χ0n) is 5.02. The van der Waals surface area contributed by atoms with Crippen LogP contribution in [0.1, 0.15) is 6.42 Å². The third-order valence-electron chi connectivity index (χ3n) is 0.316. The molecule has 0 fully saturated rings. The Morgan fingerprint density at radius 1 is 0.857 bits per heavy atom. The van der Waals surface area contributed by atoms with E-state index in [1.807, 2.05) is 0 Å². The molecule has 0 aromatic carbocycles. The topological polar surface area (TPSA) is 40.5 Å². The van der Waals surface area contributed by atoms with E-state index < -0.39 is 0 Å². The minimum absolute atomic E-state index is 0. The van der Waals surface area contributed by atoms with Crippen molar-refractivity contribution >= 4 is 37.7 Å². The molecule has 0 heterocycles. The molecule has 0 aromatic heterocycles. The Bertz CT molecular complexity index is 18.4. The molecule has 0 aliphatic heterocycles. The number of hydrogen-bond acceptors (Lipinski definition) is 2. The van der Waals surface area contributed by atoms with Crippen molar-refractivity contribution in [2.24, 2.45) is 0 Å². The maximum Gasteiger partial charge on any atom is 0.0452 e. The molecule has 0 unspecified atom stereocenters. The zero-order valence-corrected chi connectivity index (χ0v) is 5.02. The Labute approximate surface area is 67.7 Å². The van der Waals surface area contributed by atoms with Gasteiger partial charge in [-0.3, -0.25) is 0 Å².